The molecule has 40 heavy (non-hydrogen) atoms. The zero-order valence-corrected chi connectivity index (χ0v) is 25.8. The van der Waals surface area contributed by atoms with E-state index in [1.54, 1.807) is 48.5 Å². The molecule has 0 unspecified atom stereocenters. The van der Waals surface area contributed by atoms with Gasteiger partial charge in [0.15, 0.2) is 10.2 Å². The molecule has 2 rings (SSSR count). The van der Waals surface area contributed by atoms with Crippen LogP contribution >= 0.6 is 24.4 Å². The maximum absolute atomic E-state index is 11.3. The Balaban J connectivity index is 0.000000400. The average molecular weight is 589 g/mol. The van der Waals surface area contributed by atoms with Crippen LogP contribution in [0.1, 0.15) is 85.9 Å². The molecular weight excluding hydrogens is 544 g/mol. The number of hydrogen-bond acceptors (Lipinski definition) is 6. The van der Waals surface area contributed by atoms with Crippen LogP contribution in [0.4, 0.5) is 11.4 Å². The molecule has 10 heteroatoms. The molecule has 0 saturated heterocycles. The molecule has 0 radical (unpaired) electrons. The summed E-state index contributed by atoms with van der Waals surface area (Å²) in [5.41, 5.74) is 2.75. The number of hydrogen-bond donors (Lipinski definition) is 4. The number of carbonyl (C=O) groups excluding carboxylic acids is 2. The number of ether oxygens (including phenoxy) is 2. The van der Waals surface area contributed by atoms with Crippen molar-refractivity contribution in [2.24, 2.45) is 0 Å². The van der Waals surface area contributed by atoms with Gasteiger partial charge in [-0.2, -0.15) is 0 Å². The Morgan fingerprint density at radius 3 is 1.25 bits per heavy atom. The van der Waals surface area contributed by atoms with E-state index in [4.69, 9.17) is 24.4 Å². The molecule has 0 fully saturated rings. The van der Waals surface area contributed by atoms with Crippen molar-refractivity contribution in [3.05, 3.63) is 59.7 Å². The van der Waals surface area contributed by atoms with Gasteiger partial charge < -0.3 is 30.7 Å². The monoisotopic (exact) mass is 588 g/mol. The topological polar surface area (TPSA) is 101 Å². The third-order valence-electron chi connectivity index (χ3n) is 5.76. The molecule has 0 aliphatic heterocycles. The summed E-state index contributed by atoms with van der Waals surface area (Å²) in [4.78, 5) is 22.6. The molecule has 8 nitrogen and oxygen atoms in total. The van der Waals surface area contributed by atoms with Gasteiger partial charge in [-0.05, 0) is 85.8 Å². The molecule has 0 saturated carbocycles. The first-order valence-corrected chi connectivity index (χ1v) is 14.6. The Bertz CT molecular complexity index is 948. The number of nitrogens with one attached hydrogen (secondary N) is 4. The number of thiocarbonyl (C=S) groups is 2. The molecule has 0 spiro atoms. The second-order valence-corrected chi connectivity index (χ2v) is 9.84. The van der Waals surface area contributed by atoms with E-state index in [2.05, 4.69) is 44.6 Å². The van der Waals surface area contributed by atoms with Gasteiger partial charge in [0.2, 0.25) is 0 Å². The number of benzene rings is 2. The summed E-state index contributed by atoms with van der Waals surface area (Å²) in [5.74, 6) is -0.679. The molecule has 0 heterocycles. The first-order valence-electron chi connectivity index (χ1n) is 13.8. The number of methoxy groups -OCH3 is 2. The van der Waals surface area contributed by atoms with Crippen molar-refractivity contribution in [3.63, 3.8) is 0 Å². The van der Waals surface area contributed by atoms with Gasteiger partial charge in [0.05, 0.1) is 25.3 Å². The fourth-order valence-electron chi connectivity index (χ4n) is 3.47. The van der Waals surface area contributed by atoms with E-state index >= 15 is 0 Å². The normalized spacial score (nSPS) is 9.90. The standard InChI is InChI=1S/2C15H22N2O2S/c2*1-3-4-5-6-11-16-15(20)17-13-9-7-12(8-10-13)14(18)19-2/h2*7-10H,3-6,11H2,1-2H3,(H2,16,17,20). The van der Waals surface area contributed by atoms with E-state index in [1.807, 2.05) is 0 Å². The highest BCUT2D eigenvalue weighted by atomic mass is 32.1. The quantitative estimate of drug-likeness (QED) is 0.109. The predicted octanol–water partition coefficient (Wildman–Crippen LogP) is 6.68. The predicted molar refractivity (Wildman–Crippen MR) is 172 cm³/mol. The lowest BCUT2D eigenvalue weighted by Crippen LogP contribution is -2.29. The second kappa shape index (κ2) is 21.6. The van der Waals surface area contributed by atoms with Gasteiger partial charge in [0.25, 0.3) is 0 Å². The third-order valence-corrected chi connectivity index (χ3v) is 6.25. The molecule has 2 aromatic rings. The minimum atomic E-state index is -0.340. The van der Waals surface area contributed by atoms with E-state index in [0.29, 0.717) is 21.4 Å². The van der Waals surface area contributed by atoms with Crippen molar-refractivity contribution in [2.75, 3.05) is 37.9 Å². The number of rotatable bonds is 14. The van der Waals surface area contributed by atoms with E-state index in [0.717, 1.165) is 37.3 Å². The van der Waals surface area contributed by atoms with E-state index in [9.17, 15) is 9.59 Å². The second-order valence-electron chi connectivity index (χ2n) is 9.02. The van der Waals surface area contributed by atoms with Crippen LogP contribution in [0.2, 0.25) is 0 Å². The van der Waals surface area contributed by atoms with E-state index < -0.39 is 0 Å². The Hall–Kier alpha value is -3.24. The molecule has 2 aromatic carbocycles. The molecular formula is C30H44N4O4S2. The van der Waals surface area contributed by atoms with Gasteiger partial charge in [-0.3, -0.25) is 0 Å². The van der Waals surface area contributed by atoms with Crippen LogP contribution in [0.3, 0.4) is 0 Å². The first kappa shape index (κ1) is 34.8. The van der Waals surface area contributed by atoms with Crippen LogP contribution in [0.15, 0.2) is 48.5 Å². The Morgan fingerprint density at radius 2 is 0.950 bits per heavy atom. The Morgan fingerprint density at radius 1 is 0.600 bits per heavy atom. The lowest BCUT2D eigenvalue weighted by Gasteiger charge is -2.10. The maximum Gasteiger partial charge on any atom is 0.337 e. The van der Waals surface area contributed by atoms with Crippen molar-refractivity contribution >= 4 is 58.0 Å². The van der Waals surface area contributed by atoms with E-state index in [1.165, 1.54) is 52.7 Å². The van der Waals surface area contributed by atoms with Gasteiger partial charge in [-0.25, -0.2) is 9.59 Å². The highest BCUT2D eigenvalue weighted by molar-refractivity contribution is 7.80. The zero-order chi connectivity index (χ0) is 29.6. The van der Waals surface area contributed by atoms with E-state index in [-0.39, 0.29) is 11.9 Å². The minimum Gasteiger partial charge on any atom is -0.465 e. The Labute approximate surface area is 250 Å². The summed E-state index contributed by atoms with van der Waals surface area (Å²) in [7, 11) is 2.73. The van der Waals surface area contributed by atoms with Crippen LogP contribution in [0, 0.1) is 0 Å². The summed E-state index contributed by atoms with van der Waals surface area (Å²) >= 11 is 10.4. The number of unbranched alkanes of at least 4 members (excludes halogenated alkanes) is 6. The zero-order valence-electron chi connectivity index (χ0n) is 24.1. The van der Waals surface area contributed by atoms with Crippen molar-refractivity contribution in [1.29, 1.82) is 0 Å². The number of esters is 2. The van der Waals surface area contributed by atoms with Crippen molar-refractivity contribution in [1.82, 2.24) is 10.6 Å². The molecule has 0 amide bonds. The average Bonchev–Trinajstić information content (AvgIpc) is 2.97. The highest BCUT2D eigenvalue weighted by Gasteiger charge is 2.06. The van der Waals surface area contributed by atoms with Crippen LogP contribution in [0.5, 0.6) is 0 Å². The first-order chi connectivity index (χ1) is 19.3. The number of carbonyl (C=O) groups is 2. The maximum atomic E-state index is 11.3. The van der Waals surface area contributed by atoms with Crippen LogP contribution in [0.25, 0.3) is 0 Å². The highest BCUT2D eigenvalue weighted by Crippen LogP contribution is 2.11. The largest absolute Gasteiger partial charge is 0.465 e. The lowest BCUT2D eigenvalue weighted by molar-refractivity contribution is 0.0592. The fraction of sp³-hybridized carbons (Fsp3) is 0.467. The summed E-state index contributed by atoms with van der Waals surface area (Å²) in [5, 5.41) is 13.7. The van der Waals surface area contributed by atoms with Crippen LogP contribution < -0.4 is 21.3 Å². The molecule has 220 valence electrons. The van der Waals surface area contributed by atoms with Crippen molar-refractivity contribution in [2.45, 2.75) is 65.2 Å². The lowest BCUT2D eigenvalue weighted by atomic mass is 10.2. The van der Waals surface area contributed by atoms with Gasteiger partial charge >= 0.3 is 11.9 Å². The summed E-state index contributed by atoms with van der Waals surface area (Å²) in [6.45, 7) is 6.15. The van der Waals surface area contributed by atoms with Crippen LogP contribution in [-0.2, 0) is 9.47 Å². The van der Waals surface area contributed by atoms with Crippen molar-refractivity contribution in [3.8, 4) is 0 Å². The summed E-state index contributed by atoms with van der Waals surface area (Å²) in [6, 6.07) is 14.0. The van der Waals surface area contributed by atoms with Crippen molar-refractivity contribution < 1.29 is 19.1 Å². The molecule has 0 aliphatic carbocycles. The molecule has 4 N–H and O–H groups in total. The molecule has 0 aromatic heterocycles. The molecule has 0 bridgehead atoms. The molecule has 0 aliphatic rings. The SMILES string of the molecule is CCCCCCNC(=S)Nc1ccc(C(=O)OC)cc1.CCCCCCNC(=S)Nc1ccc(C(=O)OC)cc1. The smallest absolute Gasteiger partial charge is 0.337 e. The fourth-order valence-corrected chi connectivity index (χ4v) is 3.91. The Kier molecular flexibility index (Phi) is 18.8. The third kappa shape index (κ3) is 15.4. The number of anilines is 2. The summed E-state index contributed by atoms with van der Waals surface area (Å²) in [6.07, 6.45) is 9.67. The molecule has 0 atom stereocenters. The van der Waals surface area contributed by atoms with Gasteiger partial charge in [0.1, 0.15) is 0 Å². The minimum absolute atomic E-state index is 0.340. The van der Waals surface area contributed by atoms with Crippen LogP contribution in [-0.4, -0.2) is 49.5 Å². The van der Waals surface area contributed by atoms with Gasteiger partial charge in [-0.15, -0.1) is 0 Å². The summed E-state index contributed by atoms with van der Waals surface area (Å²) < 4.78 is 9.29. The van der Waals surface area contributed by atoms with Gasteiger partial charge in [0, 0.05) is 24.5 Å². The van der Waals surface area contributed by atoms with Gasteiger partial charge in [-0.1, -0.05) is 52.4 Å².